The molecule has 9 heteroatoms. The lowest BCUT2D eigenvalue weighted by Gasteiger charge is -2.12. The largest absolute Gasteiger partial charge is 0.417 e. The Labute approximate surface area is 102 Å². The molecule has 86 valence electrons. The molecule has 3 nitrogen and oxygen atoms in total. The Kier molecular flexibility index (Phi) is 3.80. The molecule has 1 aromatic rings. The molecule has 1 aromatic carbocycles. The predicted molar refractivity (Wildman–Crippen MR) is 55.3 cm³/mol. The van der Waals surface area contributed by atoms with E-state index in [2.05, 4.69) is 10.0 Å². The van der Waals surface area contributed by atoms with Gasteiger partial charge >= 0.3 is 6.18 Å². The number of benzene rings is 1. The van der Waals surface area contributed by atoms with Gasteiger partial charge in [-0.25, -0.2) is 0 Å². The van der Waals surface area contributed by atoms with E-state index in [9.17, 15) is 13.2 Å². The number of azide groups is 1. The second-order valence-electron chi connectivity index (χ2n) is 2.57. The summed E-state index contributed by atoms with van der Waals surface area (Å²) in [5.74, 6) is 0. The molecule has 0 saturated heterocycles. The van der Waals surface area contributed by atoms with Gasteiger partial charge in [-0.15, -0.1) is 0 Å². The van der Waals surface area contributed by atoms with Gasteiger partial charge in [-0.05, 0) is 11.6 Å². The Morgan fingerprint density at radius 3 is 2.19 bits per heavy atom. The van der Waals surface area contributed by atoms with E-state index < -0.39 is 26.8 Å². The van der Waals surface area contributed by atoms with Gasteiger partial charge in [0.05, 0.1) is 26.3 Å². The van der Waals surface area contributed by atoms with Crippen LogP contribution >= 0.6 is 34.8 Å². The molecule has 0 heterocycles. The molecule has 0 aliphatic heterocycles. The maximum atomic E-state index is 12.4. The fourth-order valence-electron chi connectivity index (χ4n) is 0.928. The predicted octanol–water partition coefficient (Wildman–Crippen LogP) is 5.61. The van der Waals surface area contributed by atoms with Crippen LogP contribution in [-0.4, -0.2) is 0 Å². The first-order chi connectivity index (χ1) is 7.29. The van der Waals surface area contributed by atoms with Crippen molar-refractivity contribution >= 4 is 40.5 Å². The molecule has 0 aliphatic rings. The molecule has 0 unspecified atom stereocenters. The lowest BCUT2D eigenvalue weighted by molar-refractivity contribution is -0.137. The van der Waals surface area contributed by atoms with Crippen LogP contribution in [0.1, 0.15) is 5.56 Å². The van der Waals surface area contributed by atoms with E-state index in [1.807, 2.05) is 0 Å². The summed E-state index contributed by atoms with van der Waals surface area (Å²) in [7, 11) is 0. The molecule has 0 bridgehead atoms. The SMILES string of the molecule is [N-]=[N+]=Nc1c(Cl)cc(C(F)(F)F)c(Cl)c1Cl. The molecule has 0 atom stereocenters. The summed E-state index contributed by atoms with van der Waals surface area (Å²) in [6, 6.07) is 0.555. The van der Waals surface area contributed by atoms with Crippen LogP contribution in [0.5, 0.6) is 0 Å². The van der Waals surface area contributed by atoms with Gasteiger partial charge in [-0.2, -0.15) is 13.2 Å². The first-order valence-electron chi connectivity index (χ1n) is 3.58. The third-order valence-electron chi connectivity index (χ3n) is 1.58. The van der Waals surface area contributed by atoms with Crippen molar-refractivity contribution in [3.8, 4) is 0 Å². The Morgan fingerprint density at radius 2 is 1.75 bits per heavy atom. The third-order valence-corrected chi connectivity index (χ3v) is 2.73. The highest BCUT2D eigenvalue weighted by molar-refractivity contribution is 6.46. The van der Waals surface area contributed by atoms with Crippen LogP contribution in [-0.2, 0) is 6.18 Å². The molecule has 0 aromatic heterocycles. The van der Waals surface area contributed by atoms with Crippen LogP contribution in [0.3, 0.4) is 0 Å². The monoisotopic (exact) mass is 289 g/mol. The van der Waals surface area contributed by atoms with Crippen LogP contribution in [0.4, 0.5) is 18.9 Å². The Balaban J connectivity index is 3.57. The van der Waals surface area contributed by atoms with E-state index in [0.29, 0.717) is 6.07 Å². The summed E-state index contributed by atoms with van der Waals surface area (Å²) in [5.41, 5.74) is 6.66. The van der Waals surface area contributed by atoms with Crippen molar-refractivity contribution in [3.63, 3.8) is 0 Å². The number of nitrogens with zero attached hydrogens (tertiary/aromatic N) is 3. The van der Waals surface area contributed by atoms with Gasteiger partial charge in [0.2, 0.25) is 0 Å². The highest BCUT2D eigenvalue weighted by atomic mass is 35.5. The fourth-order valence-corrected chi connectivity index (χ4v) is 1.71. The number of hydrogen-bond donors (Lipinski definition) is 0. The van der Waals surface area contributed by atoms with Gasteiger partial charge in [0.15, 0.2) is 0 Å². The summed E-state index contributed by atoms with van der Waals surface area (Å²) >= 11 is 16.4. The lowest BCUT2D eigenvalue weighted by atomic mass is 10.2. The minimum absolute atomic E-state index is 0.330. The summed E-state index contributed by atoms with van der Waals surface area (Å²) in [6.07, 6.45) is -4.68. The molecular formula is C7HCl3F3N3. The first kappa shape index (κ1) is 13.3. The van der Waals surface area contributed by atoms with Crippen LogP contribution in [0.2, 0.25) is 15.1 Å². The number of alkyl halides is 3. The van der Waals surface area contributed by atoms with Crippen LogP contribution in [0, 0.1) is 0 Å². The number of rotatable bonds is 1. The molecule has 0 radical (unpaired) electrons. The van der Waals surface area contributed by atoms with Gasteiger partial charge in [-0.1, -0.05) is 39.9 Å². The van der Waals surface area contributed by atoms with Gasteiger partial charge in [0, 0.05) is 4.91 Å². The summed E-state index contributed by atoms with van der Waals surface area (Å²) < 4.78 is 37.3. The van der Waals surface area contributed by atoms with Crippen LogP contribution < -0.4 is 0 Å². The second kappa shape index (κ2) is 4.59. The third kappa shape index (κ3) is 2.47. The maximum Gasteiger partial charge on any atom is 0.417 e. The van der Waals surface area contributed by atoms with Gasteiger partial charge in [0.25, 0.3) is 0 Å². The molecule has 0 amide bonds. The van der Waals surface area contributed by atoms with Crippen molar-refractivity contribution < 1.29 is 13.2 Å². The summed E-state index contributed by atoms with van der Waals surface area (Å²) in [4.78, 5) is 2.38. The average molecular weight is 290 g/mol. The van der Waals surface area contributed by atoms with Crippen molar-refractivity contribution in [2.75, 3.05) is 0 Å². The minimum atomic E-state index is -4.68. The molecule has 0 N–H and O–H groups in total. The van der Waals surface area contributed by atoms with Crippen molar-refractivity contribution in [2.45, 2.75) is 6.18 Å². The number of hydrogen-bond acceptors (Lipinski definition) is 1. The smallest absolute Gasteiger partial charge is 0.166 e. The maximum absolute atomic E-state index is 12.4. The Bertz CT molecular complexity index is 480. The summed E-state index contributed by atoms with van der Waals surface area (Å²) in [6.45, 7) is 0. The zero-order valence-corrected chi connectivity index (χ0v) is 9.45. The Morgan fingerprint density at radius 1 is 1.19 bits per heavy atom. The van der Waals surface area contributed by atoms with Crippen LogP contribution in [0.25, 0.3) is 10.4 Å². The minimum Gasteiger partial charge on any atom is -0.166 e. The number of halogens is 6. The molecule has 0 saturated carbocycles. The molecule has 1 rings (SSSR count). The average Bonchev–Trinajstić information content (AvgIpc) is 2.16. The van der Waals surface area contributed by atoms with Crippen molar-refractivity contribution in [2.24, 2.45) is 5.11 Å². The highest BCUT2D eigenvalue weighted by Crippen LogP contribution is 2.45. The van der Waals surface area contributed by atoms with E-state index in [1.165, 1.54) is 0 Å². The first-order valence-corrected chi connectivity index (χ1v) is 4.72. The standard InChI is InChI=1S/C7HCl3F3N3/c8-3-1-2(7(11,12)13)4(9)5(10)6(3)15-16-14/h1H. The zero-order chi connectivity index (χ0) is 12.5. The molecule has 16 heavy (non-hydrogen) atoms. The van der Waals surface area contributed by atoms with E-state index in [1.54, 1.807) is 0 Å². The Hall–Kier alpha value is -0.810. The normalized spacial score (nSPS) is 11.1. The van der Waals surface area contributed by atoms with E-state index >= 15 is 0 Å². The van der Waals surface area contributed by atoms with Crippen LogP contribution in [0.15, 0.2) is 11.2 Å². The lowest BCUT2D eigenvalue weighted by Crippen LogP contribution is -2.06. The zero-order valence-electron chi connectivity index (χ0n) is 7.19. The fraction of sp³-hybridized carbons (Fsp3) is 0.143. The van der Waals surface area contributed by atoms with Crippen molar-refractivity contribution in [3.05, 3.63) is 37.1 Å². The van der Waals surface area contributed by atoms with Gasteiger partial charge in [0.1, 0.15) is 0 Å². The molecule has 0 spiro atoms. The second-order valence-corrected chi connectivity index (χ2v) is 3.73. The summed E-state index contributed by atoms with van der Waals surface area (Å²) in [5, 5.41) is 1.36. The van der Waals surface area contributed by atoms with Gasteiger partial charge in [-0.3, -0.25) is 0 Å². The van der Waals surface area contributed by atoms with E-state index in [-0.39, 0.29) is 5.69 Å². The van der Waals surface area contributed by atoms with Crippen molar-refractivity contribution in [1.29, 1.82) is 0 Å². The van der Waals surface area contributed by atoms with Gasteiger partial charge < -0.3 is 0 Å². The van der Waals surface area contributed by atoms with E-state index in [0.717, 1.165) is 0 Å². The van der Waals surface area contributed by atoms with Crippen molar-refractivity contribution in [1.82, 2.24) is 0 Å². The quantitative estimate of drug-likeness (QED) is 0.279. The molecule has 0 aliphatic carbocycles. The molecule has 0 fully saturated rings. The topological polar surface area (TPSA) is 48.8 Å². The highest BCUT2D eigenvalue weighted by Gasteiger charge is 2.35. The van der Waals surface area contributed by atoms with E-state index in [4.69, 9.17) is 40.3 Å². The molecular weight excluding hydrogens is 289 g/mol.